The van der Waals surface area contributed by atoms with Crippen LogP contribution in [0.15, 0.2) is 18.2 Å². The topological polar surface area (TPSA) is 58.4 Å². The molecule has 0 saturated carbocycles. The Balaban J connectivity index is 3.02. The van der Waals surface area contributed by atoms with Crippen LogP contribution in [0.2, 0.25) is 0 Å². The second kappa shape index (κ2) is 5.99. The second-order valence-electron chi connectivity index (χ2n) is 3.54. The zero-order chi connectivity index (χ0) is 12.8. The number of benzene rings is 1. The minimum absolute atomic E-state index is 0.0393. The van der Waals surface area contributed by atoms with Gasteiger partial charge in [0.1, 0.15) is 5.82 Å². The molecule has 3 N–H and O–H groups in total. The van der Waals surface area contributed by atoms with Gasteiger partial charge in [-0.3, -0.25) is 10.2 Å². The first-order chi connectivity index (χ1) is 8.04. The predicted molar refractivity (Wildman–Crippen MR) is 63.5 cm³/mol. The number of rotatable bonds is 2. The van der Waals surface area contributed by atoms with E-state index in [-0.39, 0.29) is 12.1 Å². The highest BCUT2D eigenvalue weighted by Gasteiger charge is 2.12. The number of carbonyl (C=O) groups excluding carboxylic acids is 1. The molecule has 1 amide bonds. The lowest BCUT2D eigenvalue weighted by molar-refractivity contribution is 0.0852. The van der Waals surface area contributed by atoms with Gasteiger partial charge in [0.2, 0.25) is 0 Å². The van der Waals surface area contributed by atoms with Gasteiger partial charge < -0.3 is 5.73 Å². The van der Waals surface area contributed by atoms with Gasteiger partial charge in [-0.15, -0.1) is 0 Å². The van der Waals surface area contributed by atoms with Crippen LogP contribution in [0.5, 0.6) is 0 Å². The summed E-state index contributed by atoms with van der Waals surface area (Å²) in [5.41, 5.74) is 8.22. The largest absolute Gasteiger partial charge is 0.320 e. The molecule has 90 valence electrons. The fourth-order valence-corrected chi connectivity index (χ4v) is 1.19. The molecule has 0 aliphatic carbocycles. The fraction of sp³-hybridized carbons (Fsp3) is 0.250. The Bertz CT molecular complexity index is 474. The van der Waals surface area contributed by atoms with Gasteiger partial charge in [-0.25, -0.2) is 9.40 Å². The Morgan fingerprint density at radius 3 is 2.82 bits per heavy atom. The SMILES string of the molecule is CN(C)NC(=O)c1cc(C#CCN)ccc1F. The number of hydrogen-bond acceptors (Lipinski definition) is 3. The maximum atomic E-state index is 13.4. The van der Waals surface area contributed by atoms with E-state index in [1.165, 1.54) is 23.2 Å². The summed E-state index contributed by atoms with van der Waals surface area (Å²) in [6.07, 6.45) is 0. The third-order valence-electron chi connectivity index (χ3n) is 1.87. The van der Waals surface area contributed by atoms with Crippen molar-refractivity contribution >= 4 is 5.91 Å². The molecule has 0 saturated heterocycles. The molecule has 0 radical (unpaired) electrons. The summed E-state index contributed by atoms with van der Waals surface area (Å²) < 4.78 is 13.4. The lowest BCUT2D eigenvalue weighted by Crippen LogP contribution is -2.36. The average Bonchev–Trinajstić information content (AvgIpc) is 2.27. The maximum absolute atomic E-state index is 13.4. The first-order valence-electron chi connectivity index (χ1n) is 5.01. The highest BCUT2D eigenvalue weighted by molar-refractivity contribution is 5.94. The van der Waals surface area contributed by atoms with Crippen LogP contribution in [-0.2, 0) is 0 Å². The highest BCUT2D eigenvalue weighted by Crippen LogP contribution is 2.10. The number of nitrogens with zero attached hydrogens (tertiary/aromatic N) is 1. The summed E-state index contributed by atoms with van der Waals surface area (Å²) in [6, 6.07) is 4.12. The van der Waals surface area contributed by atoms with E-state index in [1.54, 1.807) is 14.1 Å². The Hall–Kier alpha value is -1.90. The Morgan fingerprint density at radius 2 is 2.24 bits per heavy atom. The van der Waals surface area contributed by atoms with Crippen molar-refractivity contribution in [3.63, 3.8) is 0 Å². The Morgan fingerprint density at radius 1 is 1.53 bits per heavy atom. The first-order valence-corrected chi connectivity index (χ1v) is 5.01. The summed E-state index contributed by atoms with van der Waals surface area (Å²) in [4.78, 5) is 11.6. The molecule has 0 aromatic heterocycles. The molecular formula is C12H14FN3O. The van der Waals surface area contributed by atoms with Crippen LogP contribution < -0.4 is 11.2 Å². The summed E-state index contributed by atoms with van der Waals surface area (Å²) in [7, 11) is 3.29. The molecule has 0 spiro atoms. The molecule has 0 atom stereocenters. The van der Waals surface area contributed by atoms with Crippen LogP contribution in [0.1, 0.15) is 15.9 Å². The van der Waals surface area contributed by atoms with Gasteiger partial charge in [-0.2, -0.15) is 0 Å². The average molecular weight is 235 g/mol. The van der Waals surface area contributed by atoms with Crippen molar-refractivity contribution in [2.75, 3.05) is 20.6 Å². The summed E-state index contributed by atoms with van der Waals surface area (Å²) in [5.74, 6) is 4.30. The van der Waals surface area contributed by atoms with Gasteiger partial charge in [0.05, 0.1) is 12.1 Å². The number of nitrogens with two attached hydrogens (primary N) is 1. The van der Waals surface area contributed by atoms with Crippen molar-refractivity contribution in [3.8, 4) is 11.8 Å². The summed E-state index contributed by atoms with van der Waals surface area (Å²) in [6.45, 7) is 0.219. The van der Waals surface area contributed by atoms with E-state index in [0.717, 1.165) is 0 Å². The lowest BCUT2D eigenvalue weighted by atomic mass is 10.1. The van der Waals surface area contributed by atoms with Crippen LogP contribution in [-0.4, -0.2) is 31.6 Å². The van der Waals surface area contributed by atoms with Crippen molar-refractivity contribution in [2.45, 2.75) is 0 Å². The Kier molecular flexibility index (Phi) is 4.64. The predicted octanol–water partition coefficient (Wildman–Crippen LogP) is 0.342. The number of carbonyl (C=O) groups is 1. The highest BCUT2D eigenvalue weighted by atomic mass is 19.1. The molecule has 17 heavy (non-hydrogen) atoms. The van der Waals surface area contributed by atoms with Crippen LogP contribution in [0.3, 0.4) is 0 Å². The molecule has 0 heterocycles. The van der Waals surface area contributed by atoms with E-state index in [2.05, 4.69) is 17.3 Å². The molecular weight excluding hydrogens is 221 g/mol. The zero-order valence-electron chi connectivity index (χ0n) is 9.75. The number of hydrazine groups is 1. The molecule has 0 aliphatic heterocycles. The fourth-order valence-electron chi connectivity index (χ4n) is 1.19. The van der Waals surface area contributed by atoms with Crippen molar-refractivity contribution in [1.82, 2.24) is 10.4 Å². The first kappa shape index (κ1) is 13.2. The van der Waals surface area contributed by atoms with Crippen LogP contribution in [0, 0.1) is 17.7 Å². The number of hydrogen-bond donors (Lipinski definition) is 2. The maximum Gasteiger partial charge on any atom is 0.268 e. The molecule has 1 aromatic rings. The van der Waals surface area contributed by atoms with Crippen molar-refractivity contribution in [1.29, 1.82) is 0 Å². The lowest BCUT2D eigenvalue weighted by Gasteiger charge is -2.12. The van der Waals surface area contributed by atoms with Crippen molar-refractivity contribution < 1.29 is 9.18 Å². The third kappa shape index (κ3) is 3.87. The number of amides is 1. The van der Waals surface area contributed by atoms with E-state index >= 15 is 0 Å². The number of nitrogens with one attached hydrogen (secondary N) is 1. The van der Waals surface area contributed by atoms with Crippen LogP contribution >= 0.6 is 0 Å². The summed E-state index contributed by atoms with van der Waals surface area (Å²) in [5, 5.41) is 1.44. The molecule has 1 rings (SSSR count). The smallest absolute Gasteiger partial charge is 0.268 e. The van der Waals surface area contributed by atoms with Crippen molar-refractivity contribution in [2.24, 2.45) is 5.73 Å². The van der Waals surface area contributed by atoms with Gasteiger partial charge in [0.15, 0.2) is 0 Å². The molecule has 0 bridgehead atoms. The Labute approximate surface area is 99.6 Å². The second-order valence-corrected chi connectivity index (χ2v) is 3.54. The normalized spacial score (nSPS) is 9.71. The van der Waals surface area contributed by atoms with E-state index in [4.69, 9.17) is 5.73 Å². The van der Waals surface area contributed by atoms with Crippen molar-refractivity contribution in [3.05, 3.63) is 35.1 Å². The number of halogens is 1. The standard InChI is InChI=1S/C12H14FN3O/c1-16(2)15-12(17)10-8-9(4-3-7-14)5-6-11(10)13/h5-6,8H,7,14H2,1-2H3,(H,15,17). The summed E-state index contributed by atoms with van der Waals surface area (Å²) >= 11 is 0. The monoisotopic (exact) mass is 235 g/mol. The van der Waals surface area contributed by atoms with Gasteiger partial charge in [0, 0.05) is 19.7 Å². The quantitative estimate of drug-likeness (QED) is 0.574. The van der Waals surface area contributed by atoms with Gasteiger partial charge in [0.25, 0.3) is 5.91 Å². The van der Waals surface area contributed by atoms with Crippen LogP contribution in [0.25, 0.3) is 0 Å². The molecule has 0 aliphatic rings. The zero-order valence-corrected chi connectivity index (χ0v) is 9.75. The molecule has 0 fully saturated rings. The van der Waals surface area contributed by atoms with E-state index in [9.17, 15) is 9.18 Å². The van der Waals surface area contributed by atoms with E-state index in [0.29, 0.717) is 5.56 Å². The van der Waals surface area contributed by atoms with Gasteiger partial charge in [-0.05, 0) is 18.2 Å². The minimum atomic E-state index is -0.581. The molecule has 1 aromatic carbocycles. The molecule has 4 nitrogen and oxygen atoms in total. The minimum Gasteiger partial charge on any atom is -0.320 e. The molecule has 0 unspecified atom stereocenters. The van der Waals surface area contributed by atoms with Gasteiger partial charge in [-0.1, -0.05) is 11.8 Å². The third-order valence-corrected chi connectivity index (χ3v) is 1.87. The van der Waals surface area contributed by atoms with E-state index < -0.39 is 11.7 Å². The van der Waals surface area contributed by atoms with E-state index in [1.807, 2.05) is 0 Å². The van der Waals surface area contributed by atoms with Crippen LogP contribution in [0.4, 0.5) is 4.39 Å². The molecule has 5 heteroatoms. The van der Waals surface area contributed by atoms with Gasteiger partial charge >= 0.3 is 0 Å².